The number of ketones is 2. The fourth-order valence-corrected chi connectivity index (χ4v) is 5.18. The van der Waals surface area contributed by atoms with Gasteiger partial charge in [-0.2, -0.15) is 0 Å². The molecule has 0 spiro atoms. The van der Waals surface area contributed by atoms with Gasteiger partial charge in [0.25, 0.3) is 0 Å². The molecule has 1 amide bonds. The van der Waals surface area contributed by atoms with Crippen molar-refractivity contribution in [3.05, 3.63) is 49.3 Å². The van der Waals surface area contributed by atoms with Crippen LogP contribution in [0, 0.1) is 0 Å². The summed E-state index contributed by atoms with van der Waals surface area (Å²) in [6.45, 7) is 32.8. The van der Waals surface area contributed by atoms with E-state index in [1.165, 1.54) is 102 Å². The van der Waals surface area contributed by atoms with Crippen molar-refractivity contribution in [1.82, 2.24) is 15.1 Å². The molecule has 1 heterocycles. The Bertz CT molecular complexity index is 1020. The summed E-state index contributed by atoms with van der Waals surface area (Å²) in [6.07, 6.45) is 30.2. The third-order valence-electron chi connectivity index (χ3n) is 8.53. The van der Waals surface area contributed by atoms with Crippen LogP contribution in [-0.4, -0.2) is 92.3 Å². The van der Waals surface area contributed by atoms with Crippen molar-refractivity contribution in [3.63, 3.8) is 0 Å². The smallest absolute Gasteiger partial charge is 0.320 e. The lowest BCUT2D eigenvalue weighted by molar-refractivity contribution is -0.150. The van der Waals surface area contributed by atoms with E-state index in [-0.39, 0.29) is 58.1 Å². The zero-order valence-corrected chi connectivity index (χ0v) is 40.9. The Morgan fingerprint density at radius 3 is 1.64 bits per heavy atom. The lowest BCUT2D eigenvalue weighted by atomic mass is 10.0. The van der Waals surface area contributed by atoms with Crippen molar-refractivity contribution >= 4 is 23.4 Å². The Hall–Kier alpha value is -3.04. The van der Waals surface area contributed by atoms with E-state index in [4.69, 9.17) is 9.47 Å². The molecule has 0 radical (unpaired) electrons. The molecule has 1 rings (SSSR count). The summed E-state index contributed by atoms with van der Waals surface area (Å²) >= 11 is 0. The van der Waals surface area contributed by atoms with Crippen LogP contribution >= 0.6 is 0 Å². The molecule has 0 aromatic carbocycles. The van der Waals surface area contributed by atoms with Crippen LogP contribution in [-0.2, 0) is 28.7 Å². The Morgan fingerprint density at radius 2 is 1.20 bits per heavy atom. The summed E-state index contributed by atoms with van der Waals surface area (Å²) in [4.78, 5) is 49.7. The highest BCUT2D eigenvalue weighted by molar-refractivity contribution is 5.91. The number of carbonyl (C=O) groups excluding carboxylic acids is 4. The van der Waals surface area contributed by atoms with Gasteiger partial charge in [-0.3, -0.25) is 29.4 Å². The van der Waals surface area contributed by atoms with E-state index in [9.17, 15) is 19.2 Å². The molecule has 1 atom stereocenters. The van der Waals surface area contributed by atoms with Crippen LogP contribution in [0.25, 0.3) is 0 Å². The average molecular weight is 868 g/mol. The summed E-state index contributed by atoms with van der Waals surface area (Å²) in [5.41, 5.74) is 0. The molecular formula is C52H105N3O6. The zero-order valence-electron chi connectivity index (χ0n) is 40.9. The molecule has 1 N–H and O–H groups in total. The number of unbranched alkanes of at least 4 members (excludes halogenated alkanes) is 13. The molecule has 0 saturated carbocycles. The molecule has 1 saturated heterocycles. The Kier molecular flexibility index (Phi) is 72.7. The number of allylic oxidation sites excluding steroid dienone is 2. The van der Waals surface area contributed by atoms with Crippen molar-refractivity contribution in [1.29, 1.82) is 0 Å². The predicted octanol–water partition coefficient (Wildman–Crippen LogP) is 13.7. The second kappa shape index (κ2) is 61.3. The highest BCUT2D eigenvalue weighted by Gasteiger charge is 2.31. The number of nitrogens with one attached hydrogen (secondary N) is 1. The maximum Gasteiger partial charge on any atom is 0.320 e. The van der Waals surface area contributed by atoms with E-state index in [1.807, 2.05) is 58.7 Å². The molecule has 0 aromatic rings. The van der Waals surface area contributed by atoms with Gasteiger partial charge in [0.05, 0.1) is 38.8 Å². The number of likely N-dealkylation sites (N-methyl/N-ethyl adjacent to an activating group) is 1. The fourth-order valence-electron chi connectivity index (χ4n) is 5.18. The molecule has 61 heavy (non-hydrogen) atoms. The number of carbonyl (C=O) groups is 4. The lowest BCUT2D eigenvalue weighted by Crippen LogP contribution is -2.53. The van der Waals surface area contributed by atoms with Gasteiger partial charge in [0.2, 0.25) is 5.91 Å². The molecule has 1 aliphatic rings. The maximum absolute atomic E-state index is 11.7. The molecule has 0 aromatic heterocycles. The summed E-state index contributed by atoms with van der Waals surface area (Å²) in [5, 5.41) is 2.79. The number of amides is 1. The van der Waals surface area contributed by atoms with Crippen LogP contribution in [0.15, 0.2) is 49.3 Å². The summed E-state index contributed by atoms with van der Waals surface area (Å²) in [5.74, 6) is 0.378. The summed E-state index contributed by atoms with van der Waals surface area (Å²) in [6, 6.07) is -0.0639. The first-order valence-corrected chi connectivity index (χ1v) is 23.7. The topological polar surface area (TPSA) is 105 Å². The second-order valence-corrected chi connectivity index (χ2v) is 14.2. The van der Waals surface area contributed by atoms with Crippen LogP contribution in [0.1, 0.15) is 207 Å². The summed E-state index contributed by atoms with van der Waals surface area (Å²) in [7, 11) is 1.92. The molecule has 0 aliphatic carbocycles. The molecule has 9 nitrogen and oxygen atoms in total. The number of rotatable bonds is 30. The van der Waals surface area contributed by atoms with Gasteiger partial charge in [0.15, 0.2) is 11.6 Å². The van der Waals surface area contributed by atoms with Gasteiger partial charge in [0.1, 0.15) is 12.4 Å². The number of esters is 1. The van der Waals surface area contributed by atoms with Gasteiger partial charge in [-0.25, -0.2) is 0 Å². The van der Waals surface area contributed by atoms with Gasteiger partial charge in [-0.15, -0.1) is 0 Å². The van der Waals surface area contributed by atoms with Crippen molar-refractivity contribution in [2.45, 2.75) is 213 Å². The van der Waals surface area contributed by atoms with Crippen LogP contribution in [0.5, 0.6) is 0 Å². The maximum atomic E-state index is 11.7. The molecule has 0 unspecified atom stereocenters. The monoisotopic (exact) mass is 868 g/mol. The number of likely N-dealkylation sites (tertiary alicyclic amines) is 1. The quantitative estimate of drug-likeness (QED) is 0.0329. The summed E-state index contributed by atoms with van der Waals surface area (Å²) < 4.78 is 10.9. The fraction of sp³-hybridized carbons (Fsp3) is 0.769. The third-order valence-corrected chi connectivity index (χ3v) is 8.53. The first-order chi connectivity index (χ1) is 28.5. The largest absolute Gasteiger partial charge is 0.497 e. The highest BCUT2D eigenvalue weighted by atomic mass is 16.5. The van der Waals surface area contributed by atoms with Crippen molar-refractivity contribution in [3.8, 4) is 0 Å². The minimum absolute atomic E-state index is 0. The minimum Gasteiger partial charge on any atom is -0.497 e. The van der Waals surface area contributed by atoms with E-state index in [2.05, 4.69) is 60.0 Å². The van der Waals surface area contributed by atoms with E-state index in [1.54, 1.807) is 11.0 Å². The number of hydrogen-bond acceptors (Lipinski definition) is 8. The first-order valence-electron chi connectivity index (χ1n) is 23.7. The van der Waals surface area contributed by atoms with E-state index in [0.717, 1.165) is 38.0 Å². The SMILES string of the molecule is C.C.C=CC(=O)CN(C)C/C(=C\C)OCCCCCCCC.C=CC(=O)N1CC[C@@H]1COC(=O)CNCC(=O)/C=C\CCCCCCCC.CC.CC.CCC.CCCCC. The number of nitrogens with zero attached hydrogens (tertiary/aromatic N) is 2. The van der Waals surface area contributed by atoms with Crippen LogP contribution < -0.4 is 5.32 Å². The van der Waals surface area contributed by atoms with Crippen LogP contribution in [0.3, 0.4) is 0 Å². The van der Waals surface area contributed by atoms with E-state index < -0.39 is 5.97 Å². The van der Waals surface area contributed by atoms with Crippen molar-refractivity contribution < 1.29 is 28.7 Å². The number of hydrogen-bond donors (Lipinski definition) is 1. The van der Waals surface area contributed by atoms with Crippen molar-refractivity contribution in [2.24, 2.45) is 0 Å². The predicted molar refractivity (Wildman–Crippen MR) is 269 cm³/mol. The average Bonchev–Trinajstić information content (AvgIpc) is 3.23. The minimum atomic E-state index is -0.420. The Morgan fingerprint density at radius 1 is 0.689 bits per heavy atom. The molecular weight excluding hydrogens is 763 g/mol. The lowest BCUT2D eigenvalue weighted by Gasteiger charge is -2.39. The van der Waals surface area contributed by atoms with Crippen LogP contribution in [0.4, 0.5) is 0 Å². The van der Waals surface area contributed by atoms with Gasteiger partial charge >= 0.3 is 5.97 Å². The van der Waals surface area contributed by atoms with Crippen molar-refractivity contribution in [2.75, 3.05) is 53.0 Å². The molecule has 9 heteroatoms. The Labute approximate surface area is 381 Å². The number of ether oxygens (including phenoxy) is 2. The highest BCUT2D eigenvalue weighted by Crippen LogP contribution is 2.18. The second-order valence-electron chi connectivity index (χ2n) is 14.2. The standard InChI is InChI=1S/C21H34N2O4.C17H31NO2.C5H12.C3H8.2C2H6.2CH4/c1-3-5-6-7-8-9-10-11-12-19(24)15-22-16-21(26)27-17-18-13-14-23(18)20(25)4-2;1-5-8-9-10-11-12-13-20-17(7-3)15-18(4)14-16(19)6-2;1-3-5-4-2;1-3-2;2*1-2;;/h4,11-12,18,22H,2-3,5-10,13-17H2,1H3;6-7H,2,5,8-15H2,1,3-4H3;3-5H2,1-2H3;3H2,1-2H3;2*1-2H3;2*1H4/b12-11-;17-7+;;;;;;/t18-;;;;;;;/m1......./s1. The first kappa shape index (κ1) is 72.4. The zero-order chi connectivity index (χ0) is 46.0. The van der Waals surface area contributed by atoms with E-state index >= 15 is 0 Å². The molecule has 1 aliphatic heterocycles. The van der Waals surface area contributed by atoms with E-state index in [0.29, 0.717) is 19.6 Å². The normalized spacial score (nSPS) is 12.2. The molecule has 1 fully saturated rings. The van der Waals surface area contributed by atoms with Gasteiger partial charge in [-0.05, 0) is 64.0 Å². The molecule has 364 valence electrons. The van der Waals surface area contributed by atoms with Crippen LogP contribution in [0.2, 0.25) is 0 Å². The van der Waals surface area contributed by atoms with Gasteiger partial charge in [-0.1, -0.05) is 193 Å². The Balaban J connectivity index is -0.000000151. The van der Waals surface area contributed by atoms with Gasteiger partial charge < -0.3 is 14.4 Å². The molecule has 0 bridgehead atoms. The third kappa shape index (κ3) is 54.9. The van der Waals surface area contributed by atoms with Gasteiger partial charge in [0, 0.05) is 6.54 Å².